The van der Waals surface area contributed by atoms with Gasteiger partial charge in [-0.15, -0.1) is 0 Å². The van der Waals surface area contributed by atoms with Crippen molar-refractivity contribution in [3.05, 3.63) is 0 Å². The average Bonchev–Trinajstić information content (AvgIpc) is 1.96. The highest BCUT2D eigenvalue weighted by Gasteiger charge is 2.24. The van der Waals surface area contributed by atoms with Crippen molar-refractivity contribution >= 4 is 0 Å². The molecule has 0 unspecified atom stereocenters. The molecule has 2 heteroatoms. The molecule has 0 aromatic rings. The van der Waals surface area contributed by atoms with E-state index < -0.39 is 0 Å². The molecular weight excluding hydrogens is 126 g/mol. The van der Waals surface area contributed by atoms with Gasteiger partial charge in [-0.05, 0) is 27.3 Å². The summed E-state index contributed by atoms with van der Waals surface area (Å²) in [6.07, 6.45) is 1.14. The van der Waals surface area contributed by atoms with E-state index in [1.807, 2.05) is 0 Å². The molecule has 0 aliphatic carbocycles. The molecule has 1 aliphatic rings. The predicted molar refractivity (Wildman–Crippen MR) is 42.1 cm³/mol. The molecule has 1 heterocycles. The number of hydrogen-bond donors (Lipinski definition) is 0. The van der Waals surface area contributed by atoms with Crippen LogP contribution in [0.25, 0.3) is 0 Å². The van der Waals surface area contributed by atoms with Gasteiger partial charge in [-0.1, -0.05) is 0 Å². The van der Waals surface area contributed by atoms with Gasteiger partial charge in [0, 0.05) is 18.7 Å². The van der Waals surface area contributed by atoms with Crippen LogP contribution in [0.2, 0.25) is 0 Å². The van der Waals surface area contributed by atoms with Crippen molar-refractivity contribution in [3.8, 4) is 0 Å². The van der Waals surface area contributed by atoms with Gasteiger partial charge >= 0.3 is 0 Å². The first-order valence-corrected chi connectivity index (χ1v) is 3.92. The Hall–Kier alpha value is -0.0800. The van der Waals surface area contributed by atoms with Crippen LogP contribution in [0.3, 0.4) is 0 Å². The van der Waals surface area contributed by atoms with Crippen LogP contribution in [0.4, 0.5) is 0 Å². The first-order chi connectivity index (χ1) is 4.63. The molecule has 0 N–H and O–H groups in total. The maximum absolute atomic E-state index is 5.36. The summed E-state index contributed by atoms with van der Waals surface area (Å²) < 4.78 is 5.36. The third kappa shape index (κ3) is 1.70. The summed E-state index contributed by atoms with van der Waals surface area (Å²) >= 11 is 0. The zero-order valence-corrected chi connectivity index (χ0v) is 7.18. The van der Waals surface area contributed by atoms with E-state index >= 15 is 0 Å². The van der Waals surface area contributed by atoms with Crippen LogP contribution < -0.4 is 0 Å². The minimum Gasteiger partial charge on any atom is -0.380 e. The van der Waals surface area contributed by atoms with Crippen LogP contribution in [-0.4, -0.2) is 37.2 Å². The monoisotopic (exact) mass is 143 g/mol. The lowest BCUT2D eigenvalue weighted by atomic mass is 10.00. The van der Waals surface area contributed by atoms with Gasteiger partial charge in [0.1, 0.15) is 0 Å². The summed E-state index contributed by atoms with van der Waals surface area (Å²) in [6.45, 7) is 7.40. The van der Waals surface area contributed by atoms with Gasteiger partial charge in [0.25, 0.3) is 0 Å². The summed E-state index contributed by atoms with van der Waals surface area (Å²) in [5.41, 5.74) is 0.330. The Labute approximate surface area is 63.2 Å². The summed E-state index contributed by atoms with van der Waals surface area (Å²) in [5, 5.41) is 0. The molecule has 0 saturated carbocycles. The van der Waals surface area contributed by atoms with Crippen molar-refractivity contribution in [2.24, 2.45) is 0 Å². The number of ether oxygens (including phenoxy) is 1. The lowest BCUT2D eigenvalue weighted by Crippen LogP contribution is -2.41. The van der Waals surface area contributed by atoms with Gasteiger partial charge in [0.2, 0.25) is 0 Å². The lowest BCUT2D eigenvalue weighted by Gasteiger charge is -2.32. The van der Waals surface area contributed by atoms with Gasteiger partial charge in [0.05, 0.1) is 6.61 Å². The molecule has 0 aromatic carbocycles. The Balaban J connectivity index is 2.52. The molecule has 1 rings (SSSR count). The fraction of sp³-hybridized carbons (Fsp3) is 1.00. The number of rotatable bonds is 0. The second kappa shape index (κ2) is 2.89. The van der Waals surface area contributed by atoms with E-state index in [0.717, 1.165) is 26.2 Å². The van der Waals surface area contributed by atoms with Gasteiger partial charge in [-0.2, -0.15) is 0 Å². The normalized spacial score (nSPS) is 27.9. The average molecular weight is 143 g/mol. The number of nitrogens with zero attached hydrogens (tertiary/aromatic N) is 1. The molecule has 0 amide bonds. The fourth-order valence-corrected chi connectivity index (χ4v) is 1.12. The molecule has 1 saturated heterocycles. The van der Waals surface area contributed by atoms with Gasteiger partial charge < -0.3 is 4.74 Å². The Morgan fingerprint density at radius 1 is 1.30 bits per heavy atom. The van der Waals surface area contributed by atoms with E-state index in [4.69, 9.17) is 4.74 Å². The molecule has 0 spiro atoms. The number of likely N-dealkylation sites (N-methyl/N-ethyl adjacent to an activating group) is 1. The smallest absolute Gasteiger partial charge is 0.0593 e. The lowest BCUT2D eigenvalue weighted by molar-refractivity contribution is 0.144. The Morgan fingerprint density at radius 3 is 2.70 bits per heavy atom. The SMILES string of the molecule is CN1CCOCCC1(C)C. The predicted octanol–water partition coefficient (Wildman–Crippen LogP) is 1.12. The minimum atomic E-state index is 0.330. The van der Waals surface area contributed by atoms with E-state index in [0.29, 0.717) is 5.54 Å². The standard InChI is InChI=1S/C8H17NO/c1-8(2)4-6-10-7-5-9(8)3/h4-7H2,1-3H3. The summed E-state index contributed by atoms with van der Waals surface area (Å²) in [6, 6.07) is 0. The van der Waals surface area contributed by atoms with E-state index in [9.17, 15) is 0 Å². The van der Waals surface area contributed by atoms with Gasteiger partial charge in [-0.25, -0.2) is 0 Å². The molecule has 1 aliphatic heterocycles. The third-order valence-corrected chi connectivity index (χ3v) is 2.46. The summed E-state index contributed by atoms with van der Waals surface area (Å²) in [5.74, 6) is 0. The highest BCUT2D eigenvalue weighted by Crippen LogP contribution is 2.18. The summed E-state index contributed by atoms with van der Waals surface area (Å²) in [4.78, 5) is 2.36. The molecule has 0 aromatic heterocycles. The maximum atomic E-state index is 5.36. The Morgan fingerprint density at radius 2 is 2.00 bits per heavy atom. The summed E-state index contributed by atoms with van der Waals surface area (Å²) in [7, 11) is 2.16. The van der Waals surface area contributed by atoms with Crippen molar-refractivity contribution < 1.29 is 4.74 Å². The zero-order valence-electron chi connectivity index (χ0n) is 7.18. The van der Waals surface area contributed by atoms with Crippen LogP contribution in [0, 0.1) is 0 Å². The van der Waals surface area contributed by atoms with Crippen LogP contribution in [0.5, 0.6) is 0 Å². The Kier molecular flexibility index (Phi) is 2.32. The minimum absolute atomic E-state index is 0.330. The highest BCUT2D eigenvalue weighted by atomic mass is 16.5. The molecule has 60 valence electrons. The molecule has 1 fully saturated rings. The van der Waals surface area contributed by atoms with Crippen LogP contribution in [0.1, 0.15) is 20.3 Å². The largest absolute Gasteiger partial charge is 0.380 e. The van der Waals surface area contributed by atoms with E-state index in [1.165, 1.54) is 0 Å². The van der Waals surface area contributed by atoms with E-state index in [2.05, 4.69) is 25.8 Å². The zero-order chi connectivity index (χ0) is 7.61. The maximum Gasteiger partial charge on any atom is 0.0593 e. The van der Waals surface area contributed by atoms with Crippen LogP contribution in [-0.2, 0) is 4.74 Å². The van der Waals surface area contributed by atoms with Crippen LogP contribution in [0.15, 0.2) is 0 Å². The number of hydrogen-bond acceptors (Lipinski definition) is 2. The molecule has 2 nitrogen and oxygen atoms in total. The third-order valence-electron chi connectivity index (χ3n) is 2.46. The van der Waals surface area contributed by atoms with Gasteiger partial charge in [0.15, 0.2) is 0 Å². The second-order valence-corrected chi connectivity index (χ2v) is 3.60. The molecular formula is C8H17NO. The van der Waals surface area contributed by atoms with Crippen molar-refractivity contribution in [2.75, 3.05) is 26.8 Å². The van der Waals surface area contributed by atoms with E-state index in [-0.39, 0.29) is 0 Å². The fourth-order valence-electron chi connectivity index (χ4n) is 1.12. The van der Waals surface area contributed by atoms with E-state index in [1.54, 1.807) is 0 Å². The first kappa shape index (κ1) is 8.02. The highest BCUT2D eigenvalue weighted by molar-refractivity contribution is 4.80. The van der Waals surface area contributed by atoms with Crippen LogP contribution >= 0.6 is 0 Å². The van der Waals surface area contributed by atoms with Crippen molar-refractivity contribution in [1.82, 2.24) is 4.90 Å². The van der Waals surface area contributed by atoms with Crippen molar-refractivity contribution in [3.63, 3.8) is 0 Å². The first-order valence-electron chi connectivity index (χ1n) is 3.92. The topological polar surface area (TPSA) is 12.5 Å². The van der Waals surface area contributed by atoms with Gasteiger partial charge in [-0.3, -0.25) is 4.90 Å². The van der Waals surface area contributed by atoms with Crippen molar-refractivity contribution in [1.29, 1.82) is 0 Å². The molecule has 10 heavy (non-hydrogen) atoms. The second-order valence-electron chi connectivity index (χ2n) is 3.60. The van der Waals surface area contributed by atoms with Crippen molar-refractivity contribution in [2.45, 2.75) is 25.8 Å². The molecule has 0 bridgehead atoms. The molecule has 0 atom stereocenters. The molecule has 0 radical (unpaired) electrons. The quantitative estimate of drug-likeness (QED) is 0.504. The Bertz CT molecular complexity index is 112.